The van der Waals surface area contributed by atoms with Crippen LogP contribution in [0.15, 0.2) is 16.5 Å². The van der Waals surface area contributed by atoms with Crippen LogP contribution in [0.1, 0.15) is 37.8 Å². The van der Waals surface area contributed by atoms with Gasteiger partial charge in [-0.3, -0.25) is 0 Å². The lowest BCUT2D eigenvalue weighted by Crippen LogP contribution is -2.36. The normalized spacial score (nSPS) is 24.6. The number of nitrogens with zero attached hydrogens (tertiary/aromatic N) is 2. The van der Waals surface area contributed by atoms with Crippen LogP contribution in [0.2, 0.25) is 0 Å². The number of aromatic nitrogens is 2. The van der Waals surface area contributed by atoms with E-state index in [1.807, 2.05) is 19.1 Å². The van der Waals surface area contributed by atoms with Crippen molar-refractivity contribution in [3.63, 3.8) is 0 Å². The summed E-state index contributed by atoms with van der Waals surface area (Å²) in [5.41, 5.74) is 2.41. The molecule has 1 aliphatic rings. The third-order valence-corrected chi connectivity index (χ3v) is 3.65. The maximum absolute atomic E-state index is 5.87. The highest BCUT2D eigenvalue weighted by molar-refractivity contribution is 5.67. The molecule has 0 saturated carbocycles. The van der Waals surface area contributed by atoms with Crippen LogP contribution in [0.25, 0.3) is 11.2 Å². The molecule has 0 radical (unpaired) electrons. The zero-order chi connectivity index (χ0) is 11.9. The van der Waals surface area contributed by atoms with Crippen molar-refractivity contribution in [3.05, 3.63) is 23.7 Å². The van der Waals surface area contributed by atoms with E-state index in [4.69, 9.17) is 4.42 Å². The highest BCUT2D eigenvalue weighted by atomic mass is 16.4. The molecule has 90 valence electrons. The van der Waals surface area contributed by atoms with E-state index >= 15 is 0 Å². The molecular formula is C13H17N3O. The molecule has 0 bridgehead atoms. The van der Waals surface area contributed by atoms with Gasteiger partial charge >= 0.3 is 0 Å². The first-order chi connectivity index (χ1) is 8.23. The number of fused-ring (bicyclic) bond motifs is 1. The number of hydrogen-bond donors (Lipinski definition) is 1. The van der Waals surface area contributed by atoms with Gasteiger partial charge in [0.05, 0.1) is 5.54 Å². The molecule has 3 rings (SSSR count). The molecule has 1 fully saturated rings. The molecule has 3 heterocycles. The Hall–Kier alpha value is -1.42. The lowest BCUT2D eigenvalue weighted by atomic mass is 9.94. The molecule has 1 N–H and O–H groups in total. The second-order valence-electron chi connectivity index (χ2n) is 4.76. The van der Waals surface area contributed by atoms with Crippen LogP contribution in [-0.2, 0) is 5.54 Å². The predicted molar refractivity (Wildman–Crippen MR) is 65.7 cm³/mol. The van der Waals surface area contributed by atoms with Gasteiger partial charge in [-0.1, -0.05) is 6.92 Å². The summed E-state index contributed by atoms with van der Waals surface area (Å²) in [4.78, 5) is 8.96. The van der Waals surface area contributed by atoms with Crippen LogP contribution >= 0.6 is 0 Å². The van der Waals surface area contributed by atoms with Crippen molar-refractivity contribution in [2.45, 2.75) is 38.6 Å². The van der Waals surface area contributed by atoms with Gasteiger partial charge in [0.2, 0.25) is 5.89 Å². The van der Waals surface area contributed by atoms with Crippen LogP contribution in [0.5, 0.6) is 0 Å². The minimum atomic E-state index is -0.0748. The van der Waals surface area contributed by atoms with Crippen LogP contribution < -0.4 is 5.32 Å². The Kier molecular flexibility index (Phi) is 2.40. The largest absolute Gasteiger partial charge is 0.437 e. The Balaban J connectivity index is 2.11. The third kappa shape index (κ3) is 1.63. The molecule has 1 saturated heterocycles. The highest BCUT2D eigenvalue weighted by Crippen LogP contribution is 2.34. The van der Waals surface area contributed by atoms with Gasteiger partial charge in [-0.25, -0.2) is 4.98 Å². The van der Waals surface area contributed by atoms with Crippen molar-refractivity contribution in [1.82, 2.24) is 15.3 Å². The number of pyridine rings is 1. The molecule has 2 aromatic heterocycles. The maximum atomic E-state index is 5.87. The SMILES string of the molecule is CCC1(c2nc3nc(C)ccc3o2)CCCN1. The number of oxazole rings is 1. The van der Waals surface area contributed by atoms with E-state index in [-0.39, 0.29) is 5.54 Å². The van der Waals surface area contributed by atoms with Gasteiger partial charge < -0.3 is 9.73 Å². The van der Waals surface area contributed by atoms with Gasteiger partial charge in [-0.05, 0) is 44.9 Å². The molecule has 1 aliphatic heterocycles. The maximum Gasteiger partial charge on any atom is 0.217 e. The van der Waals surface area contributed by atoms with Crippen LogP contribution in [0.4, 0.5) is 0 Å². The monoisotopic (exact) mass is 231 g/mol. The molecule has 1 unspecified atom stereocenters. The molecule has 0 spiro atoms. The van der Waals surface area contributed by atoms with Crippen molar-refractivity contribution in [2.75, 3.05) is 6.54 Å². The molecule has 4 nitrogen and oxygen atoms in total. The van der Waals surface area contributed by atoms with Crippen molar-refractivity contribution in [3.8, 4) is 0 Å². The molecule has 4 heteroatoms. The van der Waals surface area contributed by atoms with Gasteiger partial charge in [0.15, 0.2) is 11.2 Å². The van der Waals surface area contributed by atoms with Crippen molar-refractivity contribution in [1.29, 1.82) is 0 Å². The topological polar surface area (TPSA) is 51.0 Å². The Morgan fingerprint density at radius 3 is 3.00 bits per heavy atom. The van der Waals surface area contributed by atoms with Crippen molar-refractivity contribution in [2.24, 2.45) is 0 Å². The second kappa shape index (κ2) is 3.81. The van der Waals surface area contributed by atoms with E-state index in [9.17, 15) is 0 Å². The first-order valence-electron chi connectivity index (χ1n) is 6.23. The first-order valence-corrected chi connectivity index (χ1v) is 6.23. The fourth-order valence-corrected chi connectivity index (χ4v) is 2.56. The Labute approximate surface area is 100 Å². The fourth-order valence-electron chi connectivity index (χ4n) is 2.56. The quantitative estimate of drug-likeness (QED) is 0.862. The number of rotatable bonds is 2. The van der Waals surface area contributed by atoms with E-state index in [0.29, 0.717) is 0 Å². The van der Waals surface area contributed by atoms with E-state index in [1.54, 1.807) is 0 Å². The van der Waals surface area contributed by atoms with E-state index in [0.717, 1.165) is 42.2 Å². The summed E-state index contributed by atoms with van der Waals surface area (Å²) in [5.74, 6) is 0.797. The summed E-state index contributed by atoms with van der Waals surface area (Å²) in [6.07, 6.45) is 3.27. The summed E-state index contributed by atoms with van der Waals surface area (Å²) in [6, 6.07) is 3.91. The first kappa shape index (κ1) is 10.7. The molecule has 0 amide bonds. The van der Waals surface area contributed by atoms with Crippen LogP contribution in [0, 0.1) is 6.92 Å². The molecule has 2 aromatic rings. The third-order valence-electron chi connectivity index (χ3n) is 3.65. The van der Waals surface area contributed by atoms with E-state index in [1.165, 1.54) is 6.42 Å². The molecule has 0 aromatic carbocycles. The molecule has 0 aliphatic carbocycles. The van der Waals surface area contributed by atoms with Gasteiger partial charge in [0.25, 0.3) is 0 Å². The van der Waals surface area contributed by atoms with E-state index in [2.05, 4.69) is 22.2 Å². The van der Waals surface area contributed by atoms with Gasteiger partial charge in [0.1, 0.15) is 0 Å². The highest BCUT2D eigenvalue weighted by Gasteiger charge is 2.38. The number of nitrogens with one attached hydrogen (secondary N) is 1. The minimum absolute atomic E-state index is 0.0748. The number of hydrogen-bond acceptors (Lipinski definition) is 4. The van der Waals surface area contributed by atoms with Gasteiger partial charge in [-0.15, -0.1) is 0 Å². The molecule has 1 atom stereocenters. The van der Waals surface area contributed by atoms with Gasteiger partial charge in [-0.2, -0.15) is 4.98 Å². The molecule has 17 heavy (non-hydrogen) atoms. The lowest BCUT2D eigenvalue weighted by Gasteiger charge is -2.23. The smallest absolute Gasteiger partial charge is 0.217 e. The second-order valence-corrected chi connectivity index (χ2v) is 4.76. The summed E-state index contributed by atoms with van der Waals surface area (Å²) in [6.45, 7) is 5.18. The predicted octanol–water partition coefficient (Wildman–Crippen LogP) is 2.52. The average molecular weight is 231 g/mol. The number of aryl methyl sites for hydroxylation is 1. The molecular weight excluding hydrogens is 214 g/mol. The lowest BCUT2D eigenvalue weighted by molar-refractivity contribution is 0.292. The Bertz CT molecular complexity index is 541. The summed E-state index contributed by atoms with van der Waals surface area (Å²) in [5, 5.41) is 3.53. The summed E-state index contributed by atoms with van der Waals surface area (Å²) < 4.78 is 5.87. The van der Waals surface area contributed by atoms with Crippen LogP contribution in [0.3, 0.4) is 0 Å². The fraction of sp³-hybridized carbons (Fsp3) is 0.538. The zero-order valence-corrected chi connectivity index (χ0v) is 10.3. The van der Waals surface area contributed by atoms with E-state index < -0.39 is 0 Å². The minimum Gasteiger partial charge on any atom is -0.437 e. The Morgan fingerprint density at radius 2 is 2.29 bits per heavy atom. The van der Waals surface area contributed by atoms with Crippen molar-refractivity contribution < 1.29 is 4.42 Å². The zero-order valence-electron chi connectivity index (χ0n) is 10.3. The Morgan fingerprint density at radius 1 is 1.41 bits per heavy atom. The average Bonchev–Trinajstić information content (AvgIpc) is 2.94. The van der Waals surface area contributed by atoms with Crippen molar-refractivity contribution >= 4 is 11.2 Å². The summed E-state index contributed by atoms with van der Waals surface area (Å²) in [7, 11) is 0. The van der Waals surface area contributed by atoms with Gasteiger partial charge in [0, 0.05) is 5.69 Å². The summed E-state index contributed by atoms with van der Waals surface area (Å²) >= 11 is 0. The van der Waals surface area contributed by atoms with Crippen LogP contribution in [-0.4, -0.2) is 16.5 Å². The standard InChI is InChI=1S/C13H17N3O/c1-3-13(7-4-8-14-13)12-16-11-10(17-12)6-5-9(2)15-11/h5-6,14H,3-4,7-8H2,1-2H3.